The number of nitrogens with zero attached hydrogens (tertiary/aromatic N) is 2. The van der Waals surface area contributed by atoms with Crippen LogP contribution in [0.3, 0.4) is 0 Å². The van der Waals surface area contributed by atoms with Crippen LogP contribution in [0.4, 0.5) is 18.6 Å². The molecule has 1 N–H and O–H groups in total. The van der Waals surface area contributed by atoms with Gasteiger partial charge in [0.25, 0.3) is 0 Å². The Morgan fingerprint density at radius 2 is 1.81 bits per heavy atom. The van der Waals surface area contributed by atoms with Gasteiger partial charge in [-0.3, -0.25) is 5.32 Å². The largest absolute Gasteiger partial charge is 0.324 e. The number of piperidine rings is 1. The van der Waals surface area contributed by atoms with Gasteiger partial charge in [-0.2, -0.15) is 0 Å². The van der Waals surface area contributed by atoms with Gasteiger partial charge in [0.15, 0.2) is 0 Å². The minimum Gasteiger partial charge on any atom is -0.324 e. The molecule has 1 fully saturated rings. The summed E-state index contributed by atoms with van der Waals surface area (Å²) in [5.74, 6) is -1.17. The van der Waals surface area contributed by atoms with E-state index >= 15 is 0 Å². The van der Waals surface area contributed by atoms with Gasteiger partial charge in [0.05, 0.1) is 10.8 Å². The van der Waals surface area contributed by atoms with Crippen molar-refractivity contribution in [2.45, 2.75) is 39.7 Å². The number of thiophene rings is 1. The maximum Gasteiger partial charge on any atom is 0.322 e. The second-order valence-corrected chi connectivity index (χ2v) is 10.5. The first-order chi connectivity index (χ1) is 14.2. The summed E-state index contributed by atoms with van der Waals surface area (Å²) in [6.07, 6.45) is 1.73. The number of sulfonamides is 1. The van der Waals surface area contributed by atoms with Gasteiger partial charge in [-0.25, -0.2) is 26.3 Å². The number of anilines is 1. The van der Waals surface area contributed by atoms with Crippen LogP contribution in [0.5, 0.6) is 0 Å². The third kappa shape index (κ3) is 6.24. The van der Waals surface area contributed by atoms with Crippen LogP contribution < -0.4 is 5.32 Å². The van der Waals surface area contributed by atoms with E-state index < -0.39 is 21.7 Å². The van der Waals surface area contributed by atoms with E-state index in [2.05, 4.69) is 5.32 Å². The summed E-state index contributed by atoms with van der Waals surface area (Å²) < 4.78 is 52.7. The van der Waals surface area contributed by atoms with Crippen LogP contribution >= 0.6 is 11.3 Å². The van der Waals surface area contributed by atoms with E-state index in [1.807, 2.05) is 6.92 Å². The number of rotatable bonds is 6. The first-order valence-electron chi connectivity index (χ1n) is 9.77. The van der Waals surface area contributed by atoms with Crippen molar-refractivity contribution in [3.63, 3.8) is 0 Å². The van der Waals surface area contributed by atoms with Gasteiger partial charge in [-0.05, 0) is 49.1 Å². The Morgan fingerprint density at radius 1 is 1.19 bits per heavy atom. The summed E-state index contributed by atoms with van der Waals surface area (Å²) in [5.41, 5.74) is 0.409. The number of amides is 2. The molecule has 1 aliphatic rings. The third-order valence-corrected chi connectivity index (χ3v) is 8.26. The van der Waals surface area contributed by atoms with E-state index in [4.69, 9.17) is 0 Å². The zero-order chi connectivity index (χ0) is 21.9. The average molecular weight is 474 g/mol. The molecule has 0 saturated carbocycles. The first kappa shape index (κ1) is 25.2. The van der Waals surface area contributed by atoms with Crippen LogP contribution in [0.15, 0.2) is 30.3 Å². The molecule has 6 nitrogen and oxygen atoms in total. The molecular weight excluding hydrogens is 444 g/mol. The molecule has 10 heteroatoms. The summed E-state index contributed by atoms with van der Waals surface area (Å²) in [6, 6.07) is 6.33. The Balaban J connectivity index is 0.00000341. The summed E-state index contributed by atoms with van der Waals surface area (Å²) >= 11 is 1.23. The number of benzene rings is 1. The lowest BCUT2D eigenvalue weighted by molar-refractivity contribution is 0.174. The van der Waals surface area contributed by atoms with Crippen LogP contribution in [-0.4, -0.2) is 55.6 Å². The molecule has 0 unspecified atom stereocenters. The van der Waals surface area contributed by atoms with Gasteiger partial charge in [-0.1, -0.05) is 14.4 Å². The zero-order valence-electron chi connectivity index (χ0n) is 16.9. The second-order valence-electron chi connectivity index (χ2n) is 7.31. The fraction of sp³-hybridized carbons (Fsp3) is 0.476. The lowest BCUT2D eigenvalue weighted by atomic mass is 10.1. The molecule has 2 heterocycles. The van der Waals surface area contributed by atoms with Gasteiger partial charge in [0.1, 0.15) is 11.6 Å². The topological polar surface area (TPSA) is 69.7 Å². The van der Waals surface area contributed by atoms with Crippen molar-refractivity contribution in [3.05, 3.63) is 42.0 Å². The molecule has 1 aromatic heterocycles. The van der Waals surface area contributed by atoms with E-state index in [1.54, 1.807) is 24.1 Å². The van der Waals surface area contributed by atoms with Crippen molar-refractivity contribution in [1.82, 2.24) is 9.21 Å². The minimum atomic E-state index is -3.22. The van der Waals surface area contributed by atoms with Gasteiger partial charge < -0.3 is 4.90 Å². The predicted octanol–water partition coefficient (Wildman–Crippen LogP) is 5.00. The van der Waals surface area contributed by atoms with Crippen molar-refractivity contribution < 1.29 is 22.0 Å². The zero-order valence-corrected chi connectivity index (χ0v) is 18.5. The smallest absolute Gasteiger partial charge is 0.322 e. The van der Waals surface area contributed by atoms with Crippen molar-refractivity contribution in [2.75, 3.05) is 31.2 Å². The first-order valence-corrected chi connectivity index (χ1v) is 12.2. The predicted molar refractivity (Wildman–Crippen MR) is 122 cm³/mol. The molecule has 3 rings (SSSR count). The summed E-state index contributed by atoms with van der Waals surface area (Å²) in [5, 5.41) is 3.37. The second kappa shape index (κ2) is 10.5. The lowest BCUT2D eigenvalue weighted by Gasteiger charge is -2.36. The molecule has 0 atom stereocenters. The molecule has 0 spiro atoms. The Hall–Kier alpha value is -2.04. The molecule has 31 heavy (non-hydrogen) atoms. The highest BCUT2D eigenvalue weighted by Gasteiger charge is 2.30. The molecule has 0 aliphatic carbocycles. The Labute approximate surface area is 186 Å². The van der Waals surface area contributed by atoms with Gasteiger partial charge in [0, 0.05) is 37.1 Å². The number of nitrogens with one attached hydrogen (secondary N) is 1. The minimum absolute atomic E-state index is 0. The van der Waals surface area contributed by atoms with Gasteiger partial charge in [-0.15, -0.1) is 11.3 Å². The van der Waals surface area contributed by atoms with Crippen molar-refractivity contribution in [3.8, 4) is 10.4 Å². The highest BCUT2D eigenvalue weighted by Crippen LogP contribution is 2.32. The summed E-state index contributed by atoms with van der Waals surface area (Å²) in [4.78, 5) is 14.8. The van der Waals surface area contributed by atoms with E-state index in [0.717, 1.165) is 6.07 Å². The molecule has 172 valence electrons. The molecule has 1 aliphatic heterocycles. The highest BCUT2D eigenvalue weighted by molar-refractivity contribution is 7.89. The van der Waals surface area contributed by atoms with Crippen molar-refractivity contribution in [1.29, 1.82) is 0 Å². The van der Waals surface area contributed by atoms with E-state index in [9.17, 15) is 22.0 Å². The van der Waals surface area contributed by atoms with Crippen LogP contribution in [-0.2, 0) is 10.0 Å². The third-order valence-electron chi connectivity index (χ3n) is 5.13. The summed E-state index contributed by atoms with van der Waals surface area (Å²) in [6.45, 7) is 2.64. The quantitative estimate of drug-likeness (QED) is 0.642. The van der Waals surface area contributed by atoms with E-state index in [0.29, 0.717) is 47.8 Å². The number of halogens is 2. The molecule has 0 radical (unpaired) electrons. The number of urea groups is 1. The Bertz CT molecular complexity index is 983. The van der Waals surface area contributed by atoms with Gasteiger partial charge in [0.2, 0.25) is 10.0 Å². The lowest BCUT2D eigenvalue weighted by Crippen LogP contribution is -2.48. The highest BCUT2D eigenvalue weighted by atomic mass is 32.2. The Kier molecular flexibility index (Phi) is 8.56. The molecule has 1 aromatic carbocycles. The summed E-state index contributed by atoms with van der Waals surface area (Å²) in [7, 11) is -1.53. The maximum absolute atomic E-state index is 13.4. The molecule has 2 amide bonds. The van der Waals surface area contributed by atoms with Gasteiger partial charge >= 0.3 is 6.03 Å². The van der Waals surface area contributed by atoms with Crippen LogP contribution in [0.2, 0.25) is 0 Å². The monoisotopic (exact) mass is 473 g/mol. The van der Waals surface area contributed by atoms with Crippen LogP contribution in [0.1, 0.15) is 33.6 Å². The number of carbonyl (C=O) groups is 1. The van der Waals surface area contributed by atoms with E-state index in [-0.39, 0.29) is 25.3 Å². The van der Waals surface area contributed by atoms with Crippen LogP contribution in [0.25, 0.3) is 10.4 Å². The van der Waals surface area contributed by atoms with Crippen molar-refractivity contribution >= 4 is 32.4 Å². The van der Waals surface area contributed by atoms with E-state index in [1.165, 1.54) is 27.8 Å². The number of hydrogen-bond acceptors (Lipinski definition) is 4. The standard InChI is InChI=1S/C20H25F2N3O3S2.CH4/c1-3-10-30(27,28)25-8-6-17(7-9-25)24(2)20(26)23-19-5-4-18(29-19)14-11-15(21)13-16(22)12-14;/h4-5,11-13,17H,3,6-10H2,1-2H3,(H,23,26);1H4. The molecular formula is C21H29F2N3O3S2. The van der Waals surface area contributed by atoms with Crippen LogP contribution in [0, 0.1) is 11.6 Å². The molecule has 1 saturated heterocycles. The normalized spacial score (nSPS) is 15.4. The number of carbonyl (C=O) groups excluding carboxylic acids is 1. The van der Waals surface area contributed by atoms with Crippen molar-refractivity contribution in [2.24, 2.45) is 0 Å². The molecule has 2 aromatic rings. The average Bonchev–Trinajstić information content (AvgIpc) is 3.15. The molecule has 0 bridgehead atoms. The maximum atomic E-state index is 13.4. The SMILES string of the molecule is C.CCCS(=O)(=O)N1CCC(N(C)C(=O)Nc2ccc(-c3cc(F)cc(F)c3)s2)CC1. The fourth-order valence-electron chi connectivity index (χ4n) is 3.51. The Morgan fingerprint density at radius 3 is 2.39 bits per heavy atom. The fourth-order valence-corrected chi connectivity index (χ4v) is 5.93. The number of hydrogen-bond donors (Lipinski definition) is 1.